The van der Waals surface area contributed by atoms with E-state index in [1.54, 1.807) is 18.2 Å². The van der Waals surface area contributed by atoms with E-state index in [-0.39, 0.29) is 11.3 Å². The Hall–Kier alpha value is -1.32. The van der Waals surface area contributed by atoms with Gasteiger partial charge in [-0.1, -0.05) is 23.2 Å². The number of hydrogen-bond donors (Lipinski definition) is 1. The number of nitrogens with one attached hydrogen (secondary N) is 1. The first kappa shape index (κ1) is 14.1. The Bertz CT molecular complexity index is 594. The highest BCUT2D eigenvalue weighted by Crippen LogP contribution is 2.22. The molecule has 2 aromatic rings. The monoisotopic (exact) mass is 301 g/mol. The van der Waals surface area contributed by atoms with E-state index in [4.69, 9.17) is 23.2 Å². The van der Waals surface area contributed by atoms with Gasteiger partial charge in [0.05, 0.1) is 5.69 Å². The number of benzene rings is 2. The molecule has 0 bridgehead atoms. The smallest absolute Gasteiger partial charge is 0.146 e. The van der Waals surface area contributed by atoms with Crippen molar-refractivity contribution in [2.24, 2.45) is 0 Å². The normalized spacial score (nSPS) is 10.6. The van der Waals surface area contributed by atoms with E-state index in [1.807, 2.05) is 0 Å². The van der Waals surface area contributed by atoms with Crippen LogP contribution in [0.2, 0.25) is 10.0 Å². The summed E-state index contributed by atoms with van der Waals surface area (Å²) >= 11 is 11.7. The highest BCUT2D eigenvalue weighted by atomic mass is 35.5. The molecule has 2 rings (SSSR count). The lowest BCUT2D eigenvalue weighted by Crippen LogP contribution is -2.03. The van der Waals surface area contributed by atoms with Gasteiger partial charge in [-0.15, -0.1) is 0 Å². The third-order valence-electron chi connectivity index (χ3n) is 2.65. The fourth-order valence-electron chi connectivity index (χ4n) is 1.69. The van der Waals surface area contributed by atoms with Gasteiger partial charge in [-0.05, 0) is 42.3 Å². The second-order valence-electron chi connectivity index (χ2n) is 4.21. The lowest BCUT2D eigenvalue weighted by Gasteiger charge is -2.09. The van der Waals surface area contributed by atoms with E-state index in [1.165, 1.54) is 6.92 Å². The SMILES string of the molecule is Cc1cc(F)c(NCc2cc(Cl)cc(Cl)c2)cc1F. The van der Waals surface area contributed by atoms with Gasteiger partial charge >= 0.3 is 0 Å². The van der Waals surface area contributed by atoms with Crippen molar-refractivity contribution in [2.45, 2.75) is 13.5 Å². The van der Waals surface area contributed by atoms with E-state index in [0.29, 0.717) is 16.6 Å². The maximum absolute atomic E-state index is 13.6. The minimum Gasteiger partial charge on any atom is -0.379 e. The second-order valence-corrected chi connectivity index (χ2v) is 5.09. The summed E-state index contributed by atoms with van der Waals surface area (Å²) in [5.41, 5.74) is 1.17. The molecule has 1 nitrogen and oxygen atoms in total. The molecule has 0 aromatic heterocycles. The Kier molecular flexibility index (Phi) is 4.27. The number of hydrogen-bond acceptors (Lipinski definition) is 1. The predicted octanol–water partition coefficient (Wildman–Crippen LogP) is 5.19. The predicted molar refractivity (Wildman–Crippen MR) is 74.9 cm³/mol. The highest BCUT2D eigenvalue weighted by Gasteiger charge is 2.07. The molecule has 0 radical (unpaired) electrons. The molecule has 0 saturated heterocycles. The topological polar surface area (TPSA) is 12.0 Å². The van der Waals surface area contributed by atoms with Crippen molar-refractivity contribution >= 4 is 28.9 Å². The lowest BCUT2D eigenvalue weighted by molar-refractivity contribution is 0.594. The Morgan fingerprint density at radius 3 is 2.21 bits per heavy atom. The largest absolute Gasteiger partial charge is 0.379 e. The molecule has 0 saturated carbocycles. The summed E-state index contributed by atoms with van der Waals surface area (Å²) in [6.07, 6.45) is 0. The summed E-state index contributed by atoms with van der Waals surface area (Å²) < 4.78 is 27.0. The minimum absolute atomic E-state index is 0.110. The highest BCUT2D eigenvalue weighted by molar-refractivity contribution is 6.34. The van der Waals surface area contributed by atoms with Crippen molar-refractivity contribution in [3.05, 3.63) is 63.1 Å². The summed E-state index contributed by atoms with van der Waals surface area (Å²) in [5.74, 6) is -0.944. The molecular formula is C14H11Cl2F2N. The van der Waals surface area contributed by atoms with Gasteiger partial charge in [0.1, 0.15) is 11.6 Å². The summed E-state index contributed by atoms with van der Waals surface area (Å²) in [6, 6.07) is 7.32. The maximum atomic E-state index is 13.6. The van der Waals surface area contributed by atoms with Crippen molar-refractivity contribution in [3.63, 3.8) is 0 Å². The Balaban J connectivity index is 2.16. The Morgan fingerprint density at radius 1 is 0.947 bits per heavy atom. The molecule has 100 valence electrons. The van der Waals surface area contributed by atoms with E-state index >= 15 is 0 Å². The molecule has 1 N–H and O–H groups in total. The molecule has 5 heteroatoms. The fraction of sp³-hybridized carbons (Fsp3) is 0.143. The van der Waals surface area contributed by atoms with Crippen LogP contribution in [-0.4, -0.2) is 0 Å². The summed E-state index contributed by atoms with van der Waals surface area (Å²) in [5, 5.41) is 3.82. The van der Waals surface area contributed by atoms with Crippen LogP contribution in [0, 0.1) is 18.6 Å². The van der Waals surface area contributed by atoms with Crippen LogP contribution in [0.4, 0.5) is 14.5 Å². The van der Waals surface area contributed by atoms with Crippen LogP contribution < -0.4 is 5.32 Å². The minimum atomic E-state index is -0.493. The molecular weight excluding hydrogens is 291 g/mol. The van der Waals surface area contributed by atoms with Gasteiger partial charge in [0, 0.05) is 22.7 Å². The van der Waals surface area contributed by atoms with Crippen molar-refractivity contribution in [1.82, 2.24) is 0 Å². The number of halogens is 4. The van der Waals surface area contributed by atoms with Crippen LogP contribution >= 0.6 is 23.2 Å². The van der Waals surface area contributed by atoms with Crippen LogP contribution in [0.1, 0.15) is 11.1 Å². The molecule has 19 heavy (non-hydrogen) atoms. The molecule has 0 amide bonds. The third-order valence-corrected chi connectivity index (χ3v) is 3.09. The number of aryl methyl sites for hydroxylation is 1. The average Bonchev–Trinajstić information content (AvgIpc) is 2.31. The molecule has 0 unspecified atom stereocenters. The standard InChI is InChI=1S/C14H11Cl2F2N/c1-8-2-13(18)14(6-12(8)17)19-7-9-3-10(15)5-11(16)4-9/h2-6,19H,7H2,1H3. The molecule has 0 fully saturated rings. The molecule has 0 aliphatic heterocycles. The molecule has 2 aromatic carbocycles. The first-order valence-corrected chi connectivity index (χ1v) is 6.36. The van der Waals surface area contributed by atoms with Gasteiger partial charge in [0.15, 0.2) is 0 Å². The van der Waals surface area contributed by atoms with Gasteiger partial charge in [0.25, 0.3) is 0 Å². The van der Waals surface area contributed by atoms with E-state index in [9.17, 15) is 8.78 Å². The van der Waals surface area contributed by atoms with Crippen molar-refractivity contribution < 1.29 is 8.78 Å². The van der Waals surface area contributed by atoms with Crippen molar-refractivity contribution in [3.8, 4) is 0 Å². The van der Waals surface area contributed by atoms with E-state index in [2.05, 4.69) is 5.32 Å². The van der Waals surface area contributed by atoms with E-state index < -0.39 is 11.6 Å². The van der Waals surface area contributed by atoms with E-state index in [0.717, 1.165) is 17.7 Å². The summed E-state index contributed by atoms with van der Waals surface area (Å²) in [4.78, 5) is 0. The van der Waals surface area contributed by atoms with Crippen LogP contribution in [0.5, 0.6) is 0 Å². The average molecular weight is 302 g/mol. The zero-order valence-corrected chi connectivity index (χ0v) is 11.6. The molecule has 0 aliphatic rings. The lowest BCUT2D eigenvalue weighted by atomic mass is 10.2. The molecule has 0 atom stereocenters. The van der Waals surface area contributed by atoms with Gasteiger partial charge in [0.2, 0.25) is 0 Å². The number of rotatable bonds is 3. The van der Waals surface area contributed by atoms with Gasteiger partial charge < -0.3 is 5.32 Å². The second kappa shape index (κ2) is 5.76. The zero-order chi connectivity index (χ0) is 14.0. The number of anilines is 1. The summed E-state index contributed by atoms with van der Waals surface area (Å²) in [6.45, 7) is 1.82. The van der Waals surface area contributed by atoms with Crippen molar-refractivity contribution in [2.75, 3.05) is 5.32 Å². The van der Waals surface area contributed by atoms with Crippen LogP contribution in [-0.2, 0) is 6.54 Å². The van der Waals surface area contributed by atoms with Crippen LogP contribution in [0.3, 0.4) is 0 Å². The first-order valence-electron chi connectivity index (χ1n) is 5.60. The van der Waals surface area contributed by atoms with Gasteiger partial charge in [-0.3, -0.25) is 0 Å². The Morgan fingerprint density at radius 2 is 1.58 bits per heavy atom. The molecule has 0 spiro atoms. The van der Waals surface area contributed by atoms with Crippen LogP contribution in [0.25, 0.3) is 0 Å². The van der Waals surface area contributed by atoms with Gasteiger partial charge in [-0.25, -0.2) is 8.78 Å². The quantitative estimate of drug-likeness (QED) is 0.822. The third kappa shape index (κ3) is 3.58. The fourth-order valence-corrected chi connectivity index (χ4v) is 2.26. The van der Waals surface area contributed by atoms with Crippen molar-refractivity contribution in [1.29, 1.82) is 0 Å². The summed E-state index contributed by atoms with van der Waals surface area (Å²) in [7, 11) is 0. The molecule has 0 aliphatic carbocycles. The van der Waals surface area contributed by atoms with Gasteiger partial charge in [-0.2, -0.15) is 0 Å². The maximum Gasteiger partial charge on any atom is 0.146 e. The molecule has 0 heterocycles. The van der Waals surface area contributed by atoms with Crippen LogP contribution in [0.15, 0.2) is 30.3 Å². The Labute approximate surface area is 120 Å². The zero-order valence-electron chi connectivity index (χ0n) is 10.1. The first-order chi connectivity index (χ1) is 8.95.